The molecule has 0 radical (unpaired) electrons. The van der Waals surface area contributed by atoms with Gasteiger partial charge < -0.3 is 0 Å². The summed E-state index contributed by atoms with van der Waals surface area (Å²) < 4.78 is 0. The van der Waals surface area contributed by atoms with E-state index >= 15 is 0 Å². The number of aryl methyl sites for hydroxylation is 1. The highest BCUT2D eigenvalue weighted by Crippen LogP contribution is 2.21. The Balaban J connectivity index is 2.41. The van der Waals surface area contributed by atoms with Gasteiger partial charge in [-0.2, -0.15) is 0 Å². The van der Waals surface area contributed by atoms with Gasteiger partial charge in [0.05, 0.1) is 0 Å². The second-order valence-corrected chi connectivity index (χ2v) is 4.60. The number of benzene rings is 1. The summed E-state index contributed by atoms with van der Waals surface area (Å²) in [7, 11) is 2.66. The first-order valence-corrected chi connectivity index (χ1v) is 5.31. The van der Waals surface area contributed by atoms with Crippen molar-refractivity contribution in [3.63, 3.8) is 0 Å². The summed E-state index contributed by atoms with van der Waals surface area (Å²) >= 11 is 1.62. The molecule has 4 heteroatoms. The van der Waals surface area contributed by atoms with E-state index in [9.17, 15) is 0 Å². The maximum atomic E-state index is 4.08. The van der Waals surface area contributed by atoms with E-state index in [1.165, 1.54) is 5.30 Å². The Hall–Kier alpha value is -0.790. The molecule has 66 valence electrons. The maximum absolute atomic E-state index is 4.08. The fraction of sp³-hybridized carbons (Fsp3) is 0.111. The van der Waals surface area contributed by atoms with Gasteiger partial charge in [-0.05, 0) is 12.2 Å². The summed E-state index contributed by atoms with van der Waals surface area (Å²) in [5.41, 5.74) is 1.14. The Morgan fingerprint density at radius 1 is 1.15 bits per heavy atom. The van der Waals surface area contributed by atoms with E-state index in [1.54, 1.807) is 11.3 Å². The highest BCUT2D eigenvalue weighted by molar-refractivity contribution is 7.27. The molecule has 0 aliphatic carbocycles. The molecule has 0 amide bonds. The Morgan fingerprint density at radius 3 is 2.38 bits per heavy atom. The van der Waals surface area contributed by atoms with Crippen molar-refractivity contribution in [2.24, 2.45) is 0 Å². The molecular formula is C9H9N2PS. The molecule has 0 saturated carbocycles. The second kappa shape index (κ2) is 3.52. The van der Waals surface area contributed by atoms with E-state index in [1.807, 2.05) is 6.92 Å². The Labute approximate surface area is 83.2 Å². The van der Waals surface area contributed by atoms with Gasteiger partial charge in [0.1, 0.15) is 10.0 Å². The van der Waals surface area contributed by atoms with Crippen molar-refractivity contribution in [3.05, 3.63) is 29.3 Å². The summed E-state index contributed by atoms with van der Waals surface area (Å²) in [6.07, 6.45) is 0. The molecule has 0 bridgehead atoms. The van der Waals surface area contributed by atoms with Crippen LogP contribution in [0.4, 0.5) is 0 Å². The number of hydrogen-bond acceptors (Lipinski definition) is 3. The number of nitrogens with zero attached hydrogens (tertiary/aromatic N) is 2. The lowest BCUT2D eigenvalue weighted by Crippen LogP contribution is -1.87. The molecule has 1 unspecified atom stereocenters. The molecule has 13 heavy (non-hydrogen) atoms. The quantitative estimate of drug-likeness (QED) is 0.670. The van der Waals surface area contributed by atoms with Gasteiger partial charge in [0.25, 0.3) is 0 Å². The summed E-state index contributed by atoms with van der Waals surface area (Å²) in [5.74, 6) is 0. The predicted octanol–water partition coefficient (Wildman–Crippen LogP) is 2.01. The molecular weight excluding hydrogens is 199 g/mol. The third-order valence-electron chi connectivity index (χ3n) is 1.68. The van der Waals surface area contributed by atoms with Gasteiger partial charge >= 0.3 is 0 Å². The standard InChI is InChI=1S/C9H9N2PS/c1-6-10-11-9(13-6)7-2-4-8(12)5-3-7/h2-5H,12H2,1H3. The van der Waals surface area contributed by atoms with E-state index in [4.69, 9.17) is 0 Å². The minimum absolute atomic E-state index is 0.988. The first kappa shape index (κ1) is 8.79. The molecule has 1 aromatic heterocycles. The zero-order chi connectivity index (χ0) is 9.26. The fourth-order valence-corrected chi connectivity index (χ4v) is 1.93. The van der Waals surface area contributed by atoms with Crippen LogP contribution in [0.15, 0.2) is 24.3 Å². The zero-order valence-electron chi connectivity index (χ0n) is 7.19. The van der Waals surface area contributed by atoms with Crippen molar-refractivity contribution in [1.82, 2.24) is 10.2 Å². The average Bonchev–Trinajstić information content (AvgIpc) is 2.53. The third-order valence-corrected chi connectivity index (χ3v) is 2.96. The molecule has 0 aliphatic rings. The van der Waals surface area contributed by atoms with Crippen molar-refractivity contribution in [2.75, 3.05) is 0 Å². The number of rotatable bonds is 1. The second-order valence-electron chi connectivity index (χ2n) is 2.75. The molecule has 2 aromatic rings. The first-order valence-electron chi connectivity index (χ1n) is 3.92. The van der Waals surface area contributed by atoms with E-state index in [0.29, 0.717) is 0 Å². The van der Waals surface area contributed by atoms with Crippen molar-refractivity contribution in [3.8, 4) is 10.6 Å². The fourth-order valence-electron chi connectivity index (χ4n) is 1.04. The van der Waals surface area contributed by atoms with Crippen LogP contribution in [0, 0.1) is 6.92 Å². The summed E-state index contributed by atoms with van der Waals surface area (Å²) in [4.78, 5) is 0. The lowest BCUT2D eigenvalue weighted by molar-refractivity contribution is 1.05. The Kier molecular flexibility index (Phi) is 2.38. The maximum Gasteiger partial charge on any atom is 0.147 e. The molecule has 1 aromatic carbocycles. The Bertz CT molecular complexity index is 408. The van der Waals surface area contributed by atoms with E-state index in [0.717, 1.165) is 15.6 Å². The molecule has 0 aliphatic heterocycles. The van der Waals surface area contributed by atoms with Crippen molar-refractivity contribution >= 4 is 25.9 Å². The van der Waals surface area contributed by atoms with Gasteiger partial charge in [0.2, 0.25) is 0 Å². The number of aromatic nitrogens is 2. The van der Waals surface area contributed by atoms with Crippen molar-refractivity contribution in [1.29, 1.82) is 0 Å². The lowest BCUT2D eigenvalue weighted by atomic mass is 10.2. The predicted molar refractivity (Wildman–Crippen MR) is 59.4 cm³/mol. The molecule has 1 heterocycles. The summed E-state index contributed by atoms with van der Waals surface area (Å²) in [5, 5.41) is 11.2. The monoisotopic (exact) mass is 208 g/mol. The smallest absolute Gasteiger partial charge is 0.143 e. The van der Waals surface area contributed by atoms with Crippen LogP contribution >= 0.6 is 20.6 Å². The van der Waals surface area contributed by atoms with Gasteiger partial charge in [-0.25, -0.2) is 0 Å². The van der Waals surface area contributed by atoms with Gasteiger partial charge in [0, 0.05) is 5.56 Å². The molecule has 0 N–H and O–H groups in total. The average molecular weight is 208 g/mol. The molecule has 2 nitrogen and oxygen atoms in total. The van der Waals surface area contributed by atoms with Gasteiger partial charge in [-0.3, -0.25) is 0 Å². The van der Waals surface area contributed by atoms with Gasteiger partial charge in [-0.1, -0.05) is 35.6 Å². The van der Waals surface area contributed by atoms with Crippen LogP contribution < -0.4 is 5.30 Å². The van der Waals surface area contributed by atoms with Gasteiger partial charge in [0.15, 0.2) is 0 Å². The van der Waals surface area contributed by atoms with Crippen LogP contribution in [0.3, 0.4) is 0 Å². The van der Waals surface area contributed by atoms with Crippen LogP contribution in [0.25, 0.3) is 10.6 Å². The van der Waals surface area contributed by atoms with E-state index in [2.05, 4.69) is 43.7 Å². The highest BCUT2D eigenvalue weighted by Gasteiger charge is 2.02. The van der Waals surface area contributed by atoms with Crippen LogP contribution in [0.5, 0.6) is 0 Å². The molecule has 0 spiro atoms. The topological polar surface area (TPSA) is 25.8 Å². The zero-order valence-corrected chi connectivity index (χ0v) is 9.16. The summed E-state index contributed by atoms with van der Waals surface area (Å²) in [6.45, 7) is 1.96. The van der Waals surface area contributed by atoms with Gasteiger partial charge in [-0.15, -0.1) is 19.4 Å². The molecule has 2 rings (SSSR count). The van der Waals surface area contributed by atoms with E-state index < -0.39 is 0 Å². The number of hydrogen-bond donors (Lipinski definition) is 0. The van der Waals surface area contributed by atoms with Crippen molar-refractivity contribution < 1.29 is 0 Å². The highest BCUT2D eigenvalue weighted by atomic mass is 32.1. The van der Waals surface area contributed by atoms with Crippen LogP contribution in [-0.2, 0) is 0 Å². The van der Waals surface area contributed by atoms with Crippen LogP contribution in [0.2, 0.25) is 0 Å². The Morgan fingerprint density at radius 2 is 1.85 bits per heavy atom. The van der Waals surface area contributed by atoms with E-state index in [-0.39, 0.29) is 0 Å². The molecule has 0 fully saturated rings. The third kappa shape index (κ3) is 1.93. The van der Waals surface area contributed by atoms with Crippen LogP contribution in [0.1, 0.15) is 5.01 Å². The molecule has 1 atom stereocenters. The minimum Gasteiger partial charge on any atom is -0.143 e. The summed E-state index contributed by atoms with van der Waals surface area (Å²) in [6, 6.07) is 8.22. The SMILES string of the molecule is Cc1nnc(-c2ccc(P)cc2)s1. The van der Waals surface area contributed by atoms with Crippen molar-refractivity contribution in [2.45, 2.75) is 6.92 Å². The first-order chi connectivity index (χ1) is 6.25. The molecule has 0 saturated heterocycles. The minimum atomic E-state index is 0.988. The van der Waals surface area contributed by atoms with Crippen LogP contribution in [-0.4, -0.2) is 10.2 Å². The lowest BCUT2D eigenvalue weighted by Gasteiger charge is -1.94. The normalized spacial score (nSPS) is 10.3. The largest absolute Gasteiger partial charge is 0.147 e.